The van der Waals surface area contributed by atoms with Crippen molar-refractivity contribution in [3.05, 3.63) is 33.5 Å². The first-order chi connectivity index (χ1) is 15.7. The van der Waals surface area contributed by atoms with Crippen LogP contribution in [0.2, 0.25) is 0 Å². The van der Waals surface area contributed by atoms with E-state index < -0.39 is 0 Å². The highest BCUT2D eigenvalue weighted by atomic mass is 79.9. The van der Waals surface area contributed by atoms with Crippen LogP contribution in [0.3, 0.4) is 0 Å². The third-order valence-electron chi connectivity index (χ3n) is 4.69. The summed E-state index contributed by atoms with van der Waals surface area (Å²) in [4.78, 5) is 9.20. The van der Waals surface area contributed by atoms with Gasteiger partial charge < -0.3 is 28.4 Å². The quantitative estimate of drug-likeness (QED) is 0.372. The summed E-state index contributed by atoms with van der Waals surface area (Å²) in [5, 5.41) is 1.62. The molecule has 0 radical (unpaired) electrons. The Balaban J connectivity index is 1.69. The van der Waals surface area contributed by atoms with Crippen molar-refractivity contribution in [3.8, 4) is 11.5 Å². The third-order valence-corrected chi connectivity index (χ3v) is 5.56. The molecule has 0 saturated heterocycles. The van der Waals surface area contributed by atoms with Gasteiger partial charge in [0, 0.05) is 32.1 Å². The molecule has 1 aliphatic heterocycles. The van der Waals surface area contributed by atoms with Crippen molar-refractivity contribution in [3.63, 3.8) is 0 Å². The van der Waals surface area contributed by atoms with E-state index in [0.717, 1.165) is 30.8 Å². The lowest BCUT2D eigenvalue weighted by Crippen LogP contribution is -2.16. The molecule has 1 aromatic carbocycles. The number of pyridine rings is 2. The molecule has 10 heteroatoms. The zero-order valence-corrected chi connectivity index (χ0v) is 20.7. The van der Waals surface area contributed by atoms with Crippen molar-refractivity contribution >= 4 is 53.7 Å². The number of halogens is 2. The van der Waals surface area contributed by atoms with Crippen molar-refractivity contribution in [2.75, 3.05) is 66.1 Å². The van der Waals surface area contributed by atoms with Gasteiger partial charge in [0.1, 0.15) is 24.2 Å². The smallest absolute Gasteiger partial charge is 0.171 e. The predicted molar refractivity (Wildman–Crippen MR) is 127 cm³/mol. The van der Waals surface area contributed by atoms with Crippen molar-refractivity contribution in [1.82, 2.24) is 9.97 Å². The number of fused-ring (bicyclic) bond motifs is 6. The van der Waals surface area contributed by atoms with E-state index in [4.69, 9.17) is 28.4 Å². The average molecular weight is 572 g/mol. The number of benzene rings is 1. The Kier molecular flexibility index (Phi) is 8.89. The summed E-state index contributed by atoms with van der Waals surface area (Å²) in [6.07, 6.45) is 3.50. The minimum absolute atomic E-state index is 0.352. The van der Waals surface area contributed by atoms with Crippen LogP contribution in [0.4, 0.5) is 0 Å². The summed E-state index contributed by atoms with van der Waals surface area (Å²) >= 11 is 7.03. The SMILES string of the molecule is Brc1cnc2c(c1)c1c(c3cc(Br)cnc32)OCCOCCOCCOCCOCCO1. The van der Waals surface area contributed by atoms with Crippen molar-refractivity contribution in [2.24, 2.45) is 0 Å². The highest BCUT2D eigenvalue weighted by molar-refractivity contribution is 9.10. The Bertz CT molecular complexity index is 969. The fourth-order valence-corrected chi connectivity index (χ4v) is 3.96. The standard InChI is InChI=1S/C22H24Br2N2O6/c23-15-11-17-19(25-13-15)20-18(12-16(24)14-26-20)22-21(17)31-9-7-29-5-3-27-1-2-28-4-6-30-8-10-32-22/h11-14H,1-10H2. The van der Waals surface area contributed by atoms with Gasteiger partial charge in [-0.25, -0.2) is 0 Å². The lowest BCUT2D eigenvalue weighted by atomic mass is 10.1. The van der Waals surface area contributed by atoms with Gasteiger partial charge in [-0.15, -0.1) is 0 Å². The molecule has 4 rings (SSSR count). The zero-order valence-electron chi connectivity index (χ0n) is 17.5. The van der Waals surface area contributed by atoms with E-state index in [-0.39, 0.29) is 0 Å². The van der Waals surface area contributed by atoms with E-state index in [1.807, 2.05) is 12.1 Å². The maximum atomic E-state index is 6.19. The molecule has 172 valence electrons. The molecule has 0 amide bonds. The monoisotopic (exact) mass is 570 g/mol. The highest BCUT2D eigenvalue weighted by Gasteiger charge is 2.20. The van der Waals surface area contributed by atoms with E-state index in [1.165, 1.54) is 0 Å². The lowest BCUT2D eigenvalue weighted by Gasteiger charge is -2.18. The van der Waals surface area contributed by atoms with Crippen LogP contribution in [0.1, 0.15) is 0 Å². The molecule has 0 fully saturated rings. The van der Waals surface area contributed by atoms with E-state index >= 15 is 0 Å². The molecule has 0 atom stereocenters. The number of ether oxygens (including phenoxy) is 6. The summed E-state index contributed by atoms with van der Waals surface area (Å²) < 4.78 is 36.3. The maximum absolute atomic E-state index is 6.19. The average Bonchev–Trinajstić information content (AvgIpc) is 2.79. The molecule has 0 N–H and O–H groups in total. The first-order valence-corrected chi connectivity index (χ1v) is 12.0. The van der Waals surface area contributed by atoms with Crippen LogP contribution >= 0.6 is 31.9 Å². The van der Waals surface area contributed by atoms with Gasteiger partial charge in [0.15, 0.2) is 11.5 Å². The normalized spacial score (nSPS) is 17.7. The van der Waals surface area contributed by atoms with Gasteiger partial charge in [-0.05, 0) is 44.0 Å². The minimum atomic E-state index is 0.352. The van der Waals surface area contributed by atoms with Crippen LogP contribution in [-0.2, 0) is 18.9 Å². The Labute approximate surface area is 202 Å². The summed E-state index contributed by atoms with van der Waals surface area (Å²) in [6.45, 7) is 4.57. The second-order valence-corrected chi connectivity index (χ2v) is 8.74. The topological polar surface area (TPSA) is 81.2 Å². The number of aromatic nitrogens is 2. The van der Waals surface area contributed by atoms with Crippen molar-refractivity contribution < 1.29 is 28.4 Å². The van der Waals surface area contributed by atoms with Gasteiger partial charge >= 0.3 is 0 Å². The molecule has 0 spiro atoms. The maximum Gasteiger partial charge on any atom is 0.171 e. The van der Waals surface area contributed by atoms with Crippen LogP contribution in [0.25, 0.3) is 21.8 Å². The molecule has 8 nitrogen and oxygen atoms in total. The van der Waals surface area contributed by atoms with Gasteiger partial charge in [0.05, 0.1) is 52.9 Å². The second kappa shape index (κ2) is 12.1. The zero-order chi connectivity index (χ0) is 22.2. The van der Waals surface area contributed by atoms with Crippen LogP contribution < -0.4 is 9.47 Å². The van der Waals surface area contributed by atoms with Crippen LogP contribution in [0, 0.1) is 0 Å². The minimum Gasteiger partial charge on any atom is -0.487 e. The molecule has 2 aromatic heterocycles. The van der Waals surface area contributed by atoms with Crippen LogP contribution in [0.5, 0.6) is 11.5 Å². The lowest BCUT2D eigenvalue weighted by molar-refractivity contribution is -0.00827. The summed E-state index contributed by atoms with van der Waals surface area (Å²) in [6, 6.07) is 3.92. The van der Waals surface area contributed by atoms with Crippen LogP contribution in [0.15, 0.2) is 33.5 Å². The van der Waals surface area contributed by atoms with Crippen molar-refractivity contribution in [2.45, 2.75) is 0 Å². The Morgan fingerprint density at radius 3 is 1.25 bits per heavy atom. The molecule has 3 aromatic rings. The summed E-state index contributed by atoms with van der Waals surface area (Å²) in [7, 11) is 0. The predicted octanol–water partition coefficient (Wildman–Crippen LogP) is 4.15. The van der Waals surface area contributed by atoms with Gasteiger partial charge in [0.25, 0.3) is 0 Å². The Morgan fingerprint density at radius 1 is 0.531 bits per heavy atom. The highest BCUT2D eigenvalue weighted by Crippen LogP contribution is 2.43. The largest absolute Gasteiger partial charge is 0.487 e. The first kappa shape index (κ1) is 23.6. The molecule has 0 bridgehead atoms. The van der Waals surface area contributed by atoms with Crippen molar-refractivity contribution in [1.29, 1.82) is 0 Å². The summed E-state index contributed by atoms with van der Waals surface area (Å²) in [5.41, 5.74) is 1.48. The summed E-state index contributed by atoms with van der Waals surface area (Å²) in [5.74, 6) is 1.20. The molecular formula is C22H24Br2N2O6. The molecule has 0 saturated carbocycles. The number of hydrogen-bond donors (Lipinski definition) is 0. The van der Waals surface area contributed by atoms with E-state index in [1.54, 1.807) is 12.4 Å². The van der Waals surface area contributed by atoms with E-state index in [9.17, 15) is 0 Å². The molecule has 3 heterocycles. The van der Waals surface area contributed by atoms with Gasteiger partial charge in [-0.3, -0.25) is 9.97 Å². The van der Waals surface area contributed by atoms with E-state index in [0.29, 0.717) is 77.6 Å². The number of rotatable bonds is 0. The fourth-order valence-electron chi connectivity index (χ4n) is 3.30. The fraction of sp³-hybridized carbons (Fsp3) is 0.455. The van der Waals surface area contributed by atoms with E-state index in [2.05, 4.69) is 41.8 Å². The van der Waals surface area contributed by atoms with Gasteiger partial charge in [-0.1, -0.05) is 0 Å². The van der Waals surface area contributed by atoms with Gasteiger partial charge in [0.2, 0.25) is 0 Å². The molecule has 0 unspecified atom stereocenters. The number of hydrogen-bond acceptors (Lipinski definition) is 8. The molecule has 32 heavy (non-hydrogen) atoms. The van der Waals surface area contributed by atoms with Gasteiger partial charge in [-0.2, -0.15) is 0 Å². The molecular weight excluding hydrogens is 548 g/mol. The first-order valence-electron chi connectivity index (χ1n) is 10.4. The Hall–Kier alpha value is -1.56. The van der Waals surface area contributed by atoms with Crippen LogP contribution in [-0.4, -0.2) is 76.0 Å². The second-order valence-electron chi connectivity index (χ2n) is 6.90. The third kappa shape index (κ3) is 6.06. The number of nitrogens with zero attached hydrogens (tertiary/aromatic N) is 2. The molecule has 1 aliphatic rings. The Morgan fingerprint density at radius 2 is 0.875 bits per heavy atom. The molecule has 0 aliphatic carbocycles.